The van der Waals surface area contributed by atoms with Gasteiger partial charge < -0.3 is 23.7 Å². The van der Waals surface area contributed by atoms with Crippen molar-refractivity contribution in [3.63, 3.8) is 0 Å². The summed E-state index contributed by atoms with van der Waals surface area (Å²) < 4.78 is 74.6. The number of hydrogen-bond donors (Lipinski definition) is 0. The fraction of sp³-hybridized carbons (Fsp3) is 0.314. The number of halogens is 3. The van der Waals surface area contributed by atoms with Crippen LogP contribution in [0.4, 0.5) is 13.2 Å². The molecule has 2 aromatic heterocycles. The van der Waals surface area contributed by atoms with Gasteiger partial charge in [-0.3, -0.25) is 14.3 Å². The van der Waals surface area contributed by atoms with Gasteiger partial charge in [-0.1, -0.05) is 6.07 Å². The number of carbonyl (C=O) groups excluding carboxylic acids is 1. The highest BCUT2D eigenvalue weighted by Gasteiger charge is 2.29. The molecule has 0 N–H and O–H groups in total. The van der Waals surface area contributed by atoms with E-state index in [1.165, 1.54) is 23.1 Å². The Morgan fingerprint density at radius 3 is 2.35 bits per heavy atom. The summed E-state index contributed by atoms with van der Waals surface area (Å²) in [5.41, 5.74) is -0.307. The molecule has 0 bridgehead atoms. The zero-order chi connectivity index (χ0) is 34.5. The van der Waals surface area contributed by atoms with E-state index in [-0.39, 0.29) is 41.7 Å². The van der Waals surface area contributed by atoms with Crippen LogP contribution in [0.1, 0.15) is 34.5 Å². The number of ether oxygens (including phenoxy) is 5. The molecule has 1 aliphatic rings. The van der Waals surface area contributed by atoms with Crippen molar-refractivity contribution in [2.24, 2.45) is 0 Å². The maximum atomic E-state index is 15.5. The molecule has 256 valence electrons. The first-order valence-electron chi connectivity index (χ1n) is 15.6. The number of aromatic nitrogens is 4. The first-order valence-corrected chi connectivity index (χ1v) is 15.6. The van der Waals surface area contributed by atoms with Crippen LogP contribution in [0.25, 0.3) is 16.6 Å². The lowest BCUT2D eigenvalue weighted by Crippen LogP contribution is -2.25. The van der Waals surface area contributed by atoms with Gasteiger partial charge in [0.25, 0.3) is 5.56 Å². The minimum absolute atomic E-state index is 0.0234. The summed E-state index contributed by atoms with van der Waals surface area (Å²) in [4.78, 5) is 35.7. The molecule has 3 heterocycles. The van der Waals surface area contributed by atoms with E-state index in [2.05, 4.69) is 9.97 Å². The third-order valence-corrected chi connectivity index (χ3v) is 8.04. The summed E-state index contributed by atoms with van der Waals surface area (Å²) in [6, 6.07) is 10.1. The Morgan fingerprint density at radius 2 is 1.61 bits per heavy atom. The van der Waals surface area contributed by atoms with Crippen LogP contribution >= 0.6 is 0 Å². The zero-order valence-electron chi connectivity index (χ0n) is 26.8. The quantitative estimate of drug-likeness (QED) is 0.109. The van der Waals surface area contributed by atoms with Gasteiger partial charge in [0.15, 0.2) is 17.3 Å². The second-order valence-corrected chi connectivity index (χ2v) is 11.2. The number of hydrogen-bond acceptors (Lipinski definition) is 9. The zero-order valence-corrected chi connectivity index (χ0v) is 26.8. The number of rotatable bonds is 14. The van der Waals surface area contributed by atoms with Crippen LogP contribution in [0.5, 0.6) is 23.1 Å². The first-order chi connectivity index (χ1) is 23.8. The largest absolute Gasteiger partial charge is 0.487 e. The van der Waals surface area contributed by atoms with Crippen molar-refractivity contribution >= 4 is 16.7 Å². The molecule has 0 spiro atoms. The maximum absolute atomic E-state index is 15.5. The molecule has 1 aliphatic heterocycles. The molecule has 0 fully saturated rings. The molecule has 0 saturated heterocycles. The number of carbonyl (C=O) groups is 1. The Morgan fingerprint density at radius 1 is 0.857 bits per heavy atom. The molecule has 0 saturated carbocycles. The van der Waals surface area contributed by atoms with Crippen LogP contribution in [0.3, 0.4) is 0 Å². The number of Topliss-reactive ketones (excluding diaryl/α,β-unsaturated/α-hetero) is 1. The lowest BCUT2D eigenvalue weighted by molar-refractivity contribution is 0.0989. The molecule has 0 aliphatic carbocycles. The molecule has 11 nitrogen and oxygen atoms in total. The molecule has 0 amide bonds. The summed E-state index contributed by atoms with van der Waals surface area (Å²) in [6.07, 6.45) is 2.65. The van der Waals surface area contributed by atoms with Gasteiger partial charge in [0.2, 0.25) is 5.88 Å². The third-order valence-electron chi connectivity index (χ3n) is 8.04. The van der Waals surface area contributed by atoms with Crippen molar-refractivity contribution in [1.29, 1.82) is 0 Å². The molecule has 3 aromatic carbocycles. The van der Waals surface area contributed by atoms with Gasteiger partial charge in [-0.25, -0.2) is 27.8 Å². The van der Waals surface area contributed by atoms with E-state index >= 15 is 4.39 Å². The lowest BCUT2D eigenvalue weighted by Gasteiger charge is -2.19. The summed E-state index contributed by atoms with van der Waals surface area (Å²) in [5.74, 6) is -1.86. The highest BCUT2D eigenvalue weighted by atomic mass is 19.1. The lowest BCUT2D eigenvalue weighted by atomic mass is 9.99. The maximum Gasteiger partial charge on any atom is 0.282 e. The number of fused-ring (bicyclic) bond motifs is 2. The van der Waals surface area contributed by atoms with E-state index in [9.17, 15) is 18.4 Å². The van der Waals surface area contributed by atoms with Crippen molar-refractivity contribution in [2.75, 3.05) is 40.6 Å². The Labute approximate surface area is 278 Å². The van der Waals surface area contributed by atoms with E-state index < -0.39 is 35.2 Å². The molecular weight excluding hydrogens is 645 g/mol. The van der Waals surface area contributed by atoms with Gasteiger partial charge in [-0.2, -0.15) is 0 Å². The molecule has 6 rings (SSSR count). The van der Waals surface area contributed by atoms with Crippen LogP contribution in [0.15, 0.2) is 59.7 Å². The molecule has 0 atom stereocenters. The van der Waals surface area contributed by atoms with Crippen LogP contribution in [0, 0.1) is 17.5 Å². The smallest absolute Gasteiger partial charge is 0.282 e. The summed E-state index contributed by atoms with van der Waals surface area (Å²) in [6.45, 7) is 1.57. The Bertz CT molecular complexity index is 2060. The molecular formula is C35H33F3N4O7. The van der Waals surface area contributed by atoms with Crippen LogP contribution in [0.2, 0.25) is 0 Å². The summed E-state index contributed by atoms with van der Waals surface area (Å²) >= 11 is 0. The van der Waals surface area contributed by atoms with Gasteiger partial charge in [-0.05, 0) is 49.1 Å². The predicted octanol–water partition coefficient (Wildman–Crippen LogP) is 5.60. The highest BCUT2D eigenvalue weighted by Crippen LogP contribution is 2.36. The fourth-order valence-electron chi connectivity index (χ4n) is 5.72. The second kappa shape index (κ2) is 14.9. The monoisotopic (exact) mass is 678 g/mol. The standard InChI is InChI=1S/C35H33F3N4O7/c1-45-11-13-47-31-18-24-27(19-32(31)48-14-12-46-2)39-20-40-34(24)49-23-8-6-21(26(38)17-23)15-30(43)33-28-5-3-4-10-41(28)42(35(33)44)29-16-22(36)7-9-25(29)37/h6-9,16-20H,3-5,10-15H2,1-2H3. The summed E-state index contributed by atoms with van der Waals surface area (Å²) in [7, 11) is 3.12. The van der Waals surface area contributed by atoms with Crippen LogP contribution < -0.4 is 19.8 Å². The minimum atomic E-state index is -0.808. The van der Waals surface area contributed by atoms with Crippen molar-refractivity contribution in [2.45, 2.75) is 32.2 Å². The van der Waals surface area contributed by atoms with E-state index in [0.717, 1.165) is 28.9 Å². The van der Waals surface area contributed by atoms with Crippen molar-refractivity contribution in [3.8, 4) is 28.8 Å². The Hall–Kier alpha value is -5.21. The van der Waals surface area contributed by atoms with Gasteiger partial charge in [0.1, 0.15) is 54.0 Å². The first kappa shape index (κ1) is 33.7. The Kier molecular flexibility index (Phi) is 10.3. The van der Waals surface area contributed by atoms with E-state index in [4.69, 9.17) is 23.7 Å². The summed E-state index contributed by atoms with van der Waals surface area (Å²) in [5, 5.41) is 0.471. The van der Waals surface area contributed by atoms with Crippen molar-refractivity contribution < 1.29 is 41.7 Å². The predicted molar refractivity (Wildman–Crippen MR) is 172 cm³/mol. The number of methoxy groups -OCH3 is 2. The number of ketones is 1. The SMILES string of the molecule is COCCOc1cc2ncnc(Oc3ccc(CC(=O)c4c5n(n(-c6cc(F)ccc6F)c4=O)CCCC5)c(F)c3)c2cc1OCCOC. The third kappa shape index (κ3) is 7.15. The second-order valence-electron chi connectivity index (χ2n) is 11.2. The molecule has 49 heavy (non-hydrogen) atoms. The number of benzene rings is 3. The molecule has 5 aromatic rings. The van der Waals surface area contributed by atoms with Crippen molar-refractivity contribution in [1.82, 2.24) is 19.3 Å². The topological polar surface area (TPSA) is 116 Å². The highest BCUT2D eigenvalue weighted by molar-refractivity contribution is 5.98. The van der Waals surface area contributed by atoms with Crippen LogP contribution in [-0.4, -0.2) is 65.8 Å². The van der Waals surface area contributed by atoms with Gasteiger partial charge in [0.05, 0.1) is 29.8 Å². The molecule has 14 heteroatoms. The normalized spacial score (nSPS) is 12.6. The molecule has 0 radical (unpaired) electrons. The van der Waals surface area contributed by atoms with Gasteiger partial charge in [0, 0.05) is 45.4 Å². The Balaban J connectivity index is 1.26. The van der Waals surface area contributed by atoms with E-state index in [1.54, 1.807) is 26.4 Å². The van der Waals surface area contributed by atoms with Crippen molar-refractivity contribution in [3.05, 3.63) is 99.5 Å². The van der Waals surface area contributed by atoms with E-state index in [0.29, 0.717) is 67.1 Å². The number of nitrogens with zero attached hydrogens (tertiary/aromatic N) is 4. The fourth-order valence-corrected chi connectivity index (χ4v) is 5.72. The van der Waals surface area contributed by atoms with Crippen LogP contribution in [-0.2, 0) is 28.9 Å². The minimum Gasteiger partial charge on any atom is -0.487 e. The van der Waals surface area contributed by atoms with Gasteiger partial charge >= 0.3 is 0 Å². The average Bonchev–Trinajstić information content (AvgIpc) is 3.39. The van der Waals surface area contributed by atoms with E-state index in [1.807, 2.05) is 0 Å². The molecule has 0 unspecified atom stereocenters. The van der Waals surface area contributed by atoms with Gasteiger partial charge in [-0.15, -0.1) is 0 Å². The average molecular weight is 679 g/mol.